The predicted molar refractivity (Wildman–Crippen MR) is 109 cm³/mol. The highest BCUT2D eigenvalue weighted by molar-refractivity contribution is 5.99. The maximum Gasteiger partial charge on any atom is 0.341 e. The van der Waals surface area contributed by atoms with Crippen LogP contribution in [0.5, 0.6) is 5.75 Å². The van der Waals surface area contributed by atoms with E-state index in [-0.39, 0.29) is 5.91 Å². The van der Waals surface area contributed by atoms with Crippen LogP contribution >= 0.6 is 0 Å². The third-order valence-corrected chi connectivity index (χ3v) is 5.19. The quantitative estimate of drug-likeness (QED) is 0.493. The van der Waals surface area contributed by atoms with Crippen LogP contribution in [0.3, 0.4) is 0 Å². The monoisotopic (exact) mass is 391 g/mol. The first-order valence-corrected chi connectivity index (χ1v) is 10.3. The molecule has 2 atom stereocenters. The van der Waals surface area contributed by atoms with Crippen molar-refractivity contribution in [1.29, 1.82) is 0 Å². The average molecular weight is 392 g/mol. The summed E-state index contributed by atoms with van der Waals surface area (Å²) in [6.07, 6.45) is 5.38. The summed E-state index contributed by atoms with van der Waals surface area (Å²) < 4.78 is 16.5. The maximum atomic E-state index is 13.1. The molecular weight excluding hydrogens is 358 g/mol. The molecule has 1 aliphatic carbocycles. The number of esters is 1. The van der Waals surface area contributed by atoms with Gasteiger partial charge < -0.3 is 19.5 Å². The fraction of sp³-hybridized carbons (Fsp3) is 0.636. The summed E-state index contributed by atoms with van der Waals surface area (Å²) in [6, 6.07) is 5.06. The lowest BCUT2D eigenvalue weighted by molar-refractivity contribution is -0.147. The highest BCUT2D eigenvalue weighted by Gasteiger charge is 2.42. The highest BCUT2D eigenvalue weighted by atomic mass is 16.5. The zero-order valence-corrected chi connectivity index (χ0v) is 17.5. The van der Waals surface area contributed by atoms with Gasteiger partial charge >= 0.3 is 5.97 Å². The van der Waals surface area contributed by atoms with Crippen LogP contribution in [-0.4, -0.2) is 37.8 Å². The fourth-order valence-electron chi connectivity index (χ4n) is 3.76. The molecule has 0 heterocycles. The van der Waals surface area contributed by atoms with E-state index in [1.165, 1.54) is 7.11 Å². The standard InChI is InChI=1S/C22H33NO5/c1-5-7-13-27-19-11-10-17(14-18(19)20(24)26-4)23-21(25)22(28-6-2)12-8-9-16(3)15-22/h10-11,14,16H,5-9,12-13,15H2,1-4H3,(H,23,25)/t16-,22+/m0/s1. The van der Waals surface area contributed by atoms with Crippen LogP contribution in [0.1, 0.15) is 69.7 Å². The number of benzene rings is 1. The Morgan fingerprint density at radius 3 is 2.71 bits per heavy atom. The van der Waals surface area contributed by atoms with E-state index in [9.17, 15) is 9.59 Å². The molecule has 28 heavy (non-hydrogen) atoms. The van der Waals surface area contributed by atoms with E-state index in [2.05, 4.69) is 19.2 Å². The molecule has 0 aliphatic heterocycles. The number of hydrogen-bond donors (Lipinski definition) is 1. The number of carbonyl (C=O) groups is 2. The van der Waals surface area contributed by atoms with Crippen molar-refractivity contribution in [1.82, 2.24) is 0 Å². The molecule has 1 aliphatic rings. The molecule has 0 bridgehead atoms. The van der Waals surface area contributed by atoms with E-state index in [4.69, 9.17) is 14.2 Å². The minimum atomic E-state index is -0.811. The Kier molecular flexibility index (Phi) is 8.30. The van der Waals surface area contributed by atoms with Crippen LogP contribution in [0.25, 0.3) is 0 Å². The van der Waals surface area contributed by atoms with E-state index in [1.54, 1.807) is 18.2 Å². The van der Waals surface area contributed by atoms with Gasteiger partial charge in [0.25, 0.3) is 5.91 Å². The number of ether oxygens (including phenoxy) is 3. The summed E-state index contributed by atoms with van der Waals surface area (Å²) in [7, 11) is 1.33. The zero-order valence-electron chi connectivity index (χ0n) is 17.5. The van der Waals surface area contributed by atoms with Gasteiger partial charge in [-0.3, -0.25) is 4.79 Å². The first-order chi connectivity index (χ1) is 13.5. The van der Waals surface area contributed by atoms with E-state index in [1.807, 2.05) is 6.92 Å². The Morgan fingerprint density at radius 1 is 1.29 bits per heavy atom. The van der Waals surface area contributed by atoms with Crippen molar-refractivity contribution >= 4 is 17.6 Å². The van der Waals surface area contributed by atoms with Crippen LogP contribution in [0, 0.1) is 5.92 Å². The van der Waals surface area contributed by atoms with Crippen molar-refractivity contribution in [3.8, 4) is 5.75 Å². The molecule has 1 aromatic carbocycles. The number of amides is 1. The predicted octanol–water partition coefficient (Wildman–Crippen LogP) is 4.58. The Morgan fingerprint density at radius 2 is 2.07 bits per heavy atom. The molecule has 1 saturated carbocycles. The summed E-state index contributed by atoms with van der Waals surface area (Å²) in [5, 5.41) is 2.94. The normalized spacial score (nSPS) is 21.8. The minimum Gasteiger partial charge on any atom is -0.493 e. The van der Waals surface area contributed by atoms with E-state index in [0.29, 0.717) is 49.0 Å². The lowest BCUT2D eigenvalue weighted by Gasteiger charge is -2.38. The number of methoxy groups -OCH3 is 1. The number of nitrogens with one attached hydrogen (secondary N) is 1. The fourth-order valence-corrected chi connectivity index (χ4v) is 3.76. The molecule has 1 fully saturated rings. The second-order valence-corrected chi connectivity index (χ2v) is 7.49. The molecule has 0 spiro atoms. The Balaban J connectivity index is 2.21. The SMILES string of the molecule is CCCCOc1ccc(NC(=O)[C@@]2(OCC)CCC[C@H](C)C2)cc1C(=O)OC. The smallest absolute Gasteiger partial charge is 0.341 e. The second kappa shape index (κ2) is 10.5. The van der Waals surface area contributed by atoms with Crippen molar-refractivity contribution in [2.45, 2.75) is 64.9 Å². The van der Waals surface area contributed by atoms with Crippen molar-refractivity contribution in [2.24, 2.45) is 5.92 Å². The number of hydrogen-bond acceptors (Lipinski definition) is 5. The molecule has 1 amide bonds. The summed E-state index contributed by atoms with van der Waals surface area (Å²) in [5.41, 5.74) is 0.0261. The summed E-state index contributed by atoms with van der Waals surface area (Å²) >= 11 is 0. The van der Waals surface area contributed by atoms with Crippen molar-refractivity contribution in [2.75, 3.05) is 25.6 Å². The number of rotatable bonds is 9. The van der Waals surface area contributed by atoms with Gasteiger partial charge in [-0.1, -0.05) is 26.7 Å². The van der Waals surface area contributed by atoms with E-state index < -0.39 is 11.6 Å². The van der Waals surface area contributed by atoms with Crippen LogP contribution in [0.15, 0.2) is 18.2 Å². The molecule has 0 radical (unpaired) electrons. The van der Waals surface area contributed by atoms with Gasteiger partial charge in [0, 0.05) is 12.3 Å². The van der Waals surface area contributed by atoms with Gasteiger partial charge in [0.05, 0.1) is 13.7 Å². The second-order valence-electron chi connectivity index (χ2n) is 7.49. The molecule has 6 nitrogen and oxygen atoms in total. The molecule has 1 N–H and O–H groups in total. The van der Waals surface area contributed by atoms with Crippen LogP contribution < -0.4 is 10.1 Å². The maximum absolute atomic E-state index is 13.1. The van der Waals surface area contributed by atoms with Gasteiger partial charge in [-0.15, -0.1) is 0 Å². The van der Waals surface area contributed by atoms with Crippen molar-refractivity contribution in [3.63, 3.8) is 0 Å². The van der Waals surface area contributed by atoms with Crippen molar-refractivity contribution in [3.05, 3.63) is 23.8 Å². The first-order valence-electron chi connectivity index (χ1n) is 10.3. The zero-order chi connectivity index (χ0) is 20.6. The third kappa shape index (κ3) is 5.47. The molecule has 0 aromatic heterocycles. The molecular formula is C22H33NO5. The topological polar surface area (TPSA) is 73.9 Å². The lowest BCUT2D eigenvalue weighted by Crippen LogP contribution is -2.48. The van der Waals surface area contributed by atoms with Crippen LogP contribution in [0.2, 0.25) is 0 Å². The number of unbranched alkanes of at least 4 members (excludes halogenated alkanes) is 1. The Labute approximate surface area is 167 Å². The van der Waals surface area contributed by atoms with Gasteiger partial charge in [0.2, 0.25) is 0 Å². The molecule has 156 valence electrons. The number of carbonyl (C=O) groups excluding carboxylic acids is 2. The third-order valence-electron chi connectivity index (χ3n) is 5.19. The summed E-state index contributed by atoms with van der Waals surface area (Å²) in [5.74, 6) is 0.250. The largest absolute Gasteiger partial charge is 0.493 e. The van der Waals surface area contributed by atoms with Gasteiger partial charge in [0.15, 0.2) is 0 Å². The molecule has 0 unspecified atom stereocenters. The van der Waals surface area contributed by atoms with E-state index in [0.717, 1.165) is 25.7 Å². The molecule has 2 rings (SSSR count). The molecule has 1 aromatic rings. The first kappa shape index (κ1) is 22.2. The van der Waals surface area contributed by atoms with Crippen LogP contribution in [-0.2, 0) is 14.3 Å². The van der Waals surface area contributed by atoms with Gasteiger partial charge in [-0.25, -0.2) is 4.79 Å². The van der Waals surface area contributed by atoms with Crippen LogP contribution in [0.4, 0.5) is 5.69 Å². The summed E-state index contributed by atoms with van der Waals surface area (Å²) in [6.45, 7) is 7.14. The molecule has 6 heteroatoms. The van der Waals surface area contributed by atoms with Gasteiger partial charge in [-0.05, 0) is 56.7 Å². The summed E-state index contributed by atoms with van der Waals surface area (Å²) in [4.78, 5) is 25.3. The van der Waals surface area contributed by atoms with Gasteiger partial charge in [-0.2, -0.15) is 0 Å². The Hall–Kier alpha value is -2.08. The molecule has 0 saturated heterocycles. The highest BCUT2D eigenvalue weighted by Crippen LogP contribution is 2.36. The van der Waals surface area contributed by atoms with Gasteiger partial charge in [0.1, 0.15) is 16.9 Å². The number of anilines is 1. The Bertz CT molecular complexity index is 671. The van der Waals surface area contributed by atoms with E-state index >= 15 is 0 Å². The lowest BCUT2D eigenvalue weighted by atomic mass is 9.78. The van der Waals surface area contributed by atoms with Crippen molar-refractivity contribution < 1.29 is 23.8 Å². The average Bonchev–Trinajstić information content (AvgIpc) is 2.68. The minimum absolute atomic E-state index is 0.156.